The molecule has 0 aliphatic carbocycles. The SMILES string of the molecule is Cc1cc(S(=O)(=O)NCc2ccsc2)cc(CN)c1F. The molecular formula is C13H15FN2O2S2. The van der Waals surface area contributed by atoms with Gasteiger partial charge >= 0.3 is 0 Å². The van der Waals surface area contributed by atoms with E-state index in [1.165, 1.54) is 30.4 Å². The molecule has 0 spiro atoms. The van der Waals surface area contributed by atoms with Crippen LogP contribution in [0.25, 0.3) is 0 Å². The first-order valence-corrected chi connectivity index (χ1v) is 8.36. The topological polar surface area (TPSA) is 72.2 Å². The second-order valence-corrected chi connectivity index (χ2v) is 6.92. The van der Waals surface area contributed by atoms with Gasteiger partial charge in [0.1, 0.15) is 5.82 Å². The number of aryl methyl sites for hydroxylation is 1. The van der Waals surface area contributed by atoms with Crippen molar-refractivity contribution in [3.63, 3.8) is 0 Å². The van der Waals surface area contributed by atoms with Gasteiger partial charge in [-0.05, 0) is 47.0 Å². The van der Waals surface area contributed by atoms with Gasteiger partial charge in [-0.1, -0.05) is 0 Å². The van der Waals surface area contributed by atoms with E-state index in [0.717, 1.165) is 5.56 Å². The molecule has 0 amide bonds. The molecule has 108 valence electrons. The van der Waals surface area contributed by atoms with Crippen molar-refractivity contribution in [3.8, 4) is 0 Å². The Hall–Kier alpha value is -1.28. The Morgan fingerprint density at radius 1 is 1.40 bits per heavy atom. The number of hydrogen-bond donors (Lipinski definition) is 2. The van der Waals surface area contributed by atoms with Crippen molar-refractivity contribution in [1.82, 2.24) is 4.72 Å². The molecule has 0 unspecified atom stereocenters. The van der Waals surface area contributed by atoms with Crippen LogP contribution >= 0.6 is 11.3 Å². The van der Waals surface area contributed by atoms with Crippen LogP contribution in [0.1, 0.15) is 16.7 Å². The zero-order chi connectivity index (χ0) is 14.8. The van der Waals surface area contributed by atoms with Gasteiger partial charge in [0.2, 0.25) is 10.0 Å². The Labute approximate surface area is 121 Å². The molecule has 20 heavy (non-hydrogen) atoms. The van der Waals surface area contributed by atoms with Gasteiger partial charge in [-0.2, -0.15) is 11.3 Å². The van der Waals surface area contributed by atoms with Crippen LogP contribution in [0.4, 0.5) is 4.39 Å². The summed E-state index contributed by atoms with van der Waals surface area (Å²) in [6.07, 6.45) is 0. The van der Waals surface area contributed by atoms with Crippen molar-refractivity contribution in [1.29, 1.82) is 0 Å². The van der Waals surface area contributed by atoms with E-state index in [1.54, 1.807) is 0 Å². The highest BCUT2D eigenvalue weighted by Gasteiger charge is 2.17. The summed E-state index contributed by atoms with van der Waals surface area (Å²) in [6.45, 7) is 1.69. The molecule has 0 saturated carbocycles. The second kappa shape index (κ2) is 6.01. The molecule has 0 bridgehead atoms. The first-order valence-electron chi connectivity index (χ1n) is 5.94. The number of nitrogens with two attached hydrogens (primary N) is 1. The first kappa shape index (κ1) is 15.1. The smallest absolute Gasteiger partial charge is 0.240 e. The summed E-state index contributed by atoms with van der Waals surface area (Å²) >= 11 is 1.50. The van der Waals surface area contributed by atoms with Crippen LogP contribution in [0.2, 0.25) is 0 Å². The third kappa shape index (κ3) is 3.24. The van der Waals surface area contributed by atoms with Crippen molar-refractivity contribution >= 4 is 21.4 Å². The molecule has 4 nitrogen and oxygen atoms in total. The second-order valence-electron chi connectivity index (χ2n) is 4.37. The summed E-state index contributed by atoms with van der Waals surface area (Å²) in [5, 5.41) is 3.74. The van der Waals surface area contributed by atoms with E-state index in [9.17, 15) is 12.8 Å². The van der Waals surface area contributed by atoms with Gasteiger partial charge in [-0.15, -0.1) is 0 Å². The van der Waals surface area contributed by atoms with Crippen molar-refractivity contribution in [2.24, 2.45) is 5.73 Å². The van der Waals surface area contributed by atoms with Crippen LogP contribution < -0.4 is 10.5 Å². The largest absolute Gasteiger partial charge is 0.326 e. The molecule has 1 aromatic carbocycles. The Morgan fingerprint density at radius 3 is 2.75 bits per heavy atom. The monoisotopic (exact) mass is 314 g/mol. The van der Waals surface area contributed by atoms with Gasteiger partial charge in [-0.3, -0.25) is 0 Å². The molecule has 0 atom stereocenters. The summed E-state index contributed by atoms with van der Waals surface area (Å²) in [4.78, 5) is 0.0343. The number of thiophene rings is 1. The third-order valence-corrected chi connectivity index (χ3v) is 4.99. The number of benzene rings is 1. The maximum atomic E-state index is 13.7. The lowest BCUT2D eigenvalue weighted by Gasteiger charge is -2.10. The number of rotatable bonds is 5. The van der Waals surface area contributed by atoms with Crippen molar-refractivity contribution < 1.29 is 12.8 Å². The van der Waals surface area contributed by atoms with E-state index < -0.39 is 15.8 Å². The van der Waals surface area contributed by atoms with E-state index >= 15 is 0 Å². The Bertz CT molecular complexity index is 697. The zero-order valence-corrected chi connectivity index (χ0v) is 12.5. The molecule has 0 radical (unpaired) electrons. The Morgan fingerprint density at radius 2 is 2.15 bits per heavy atom. The minimum Gasteiger partial charge on any atom is -0.326 e. The standard InChI is InChI=1S/C13H15FN2O2S2/c1-9-4-12(5-11(6-15)13(9)14)20(17,18)16-7-10-2-3-19-8-10/h2-5,8,16H,6-7,15H2,1H3. The average molecular weight is 314 g/mol. The lowest BCUT2D eigenvalue weighted by Crippen LogP contribution is -2.23. The minimum absolute atomic E-state index is 0.0343. The third-order valence-electron chi connectivity index (χ3n) is 2.88. The first-order chi connectivity index (χ1) is 9.44. The van der Waals surface area contributed by atoms with Gasteiger partial charge in [0, 0.05) is 18.7 Å². The highest BCUT2D eigenvalue weighted by molar-refractivity contribution is 7.89. The lowest BCUT2D eigenvalue weighted by atomic mass is 10.1. The van der Waals surface area contributed by atoms with Gasteiger partial charge in [-0.25, -0.2) is 17.5 Å². The van der Waals surface area contributed by atoms with Crippen LogP contribution in [0, 0.1) is 12.7 Å². The Balaban J connectivity index is 2.27. The van der Waals surface area contributed by atoms with Gasteiger partial charge in [0.25, 0.3) is 0 Å². The van der Waals surface area contributed by atoms with Gasteiger partial charge < -0.3 is 5.73 Å². The molecule has 3 N–H and O–H groups in total. The Kier molecular flexibility index (Phi) is 4.54. The number of nitrogens with one attached hydrogen (secondary N) is 1. The van der Waals surface area contributed by atoms with Crippen LogP contribution in [0.5, 0.6) is 0 Å². The summed E-state index contributed by atoms with van der Waals surface area (Å²) < 4.78 is 40.6. The molecule has 1 heterocycles. The van der Waals surface area contributed by atoms with Gasteiger partial charge in [0.15, 0.2) is 0 Å². The van der Waals surface area contributed by atoms with Crippen LogP contribution in [-0.2, 0) is 23.1 Å². The molecule has 0 aliphatic rings. The molecule has 0 fully saturated rings. The maximum Gasteiger partial charge on any atom is 0.240 e. The van der Waals surface area contributed by atoms with E-state index in [1.807, 2.05) is 16.8 Å². The highest BCUT2D eigenvalue weighted by atomic mass is 32.2. The maximum absolute atomic E-state index is 13.7. The molecule has 2 aromatic rings. The summed E-state index contributed by atoms with van der Waals surface area (Å²) in [5.41, 5.74) is 6.78. The van der Waals surface area contributed by atoms with Crippen molar-refractivity contribution in [3.05, 3.63) is 51.5 Å². The summed E-state index contributed by atoms with van der Waals surface area (Å²) in [7, 11) is -3.68. The fourth-order valence-electron chi connectivity index (χ4n) is 1.77. The van der Waals surface area contributed by atoms with Crippen molar-refractivity contribution in [2.45, 2.75) is 24.9 Å². The predicted octanol–water partition coefficient (Wildman–Crippen LogP) is 2.13. The van der Waals surface area contributed by atoms with Crippen LogP contribution in [-0.4, -0.2) is 8.42 Å². The van der Waals surface area contributed by atoms with E-state index in [0.29, 0.717) is 0 Å². The molecule has 0 saturated heterocycles. The molecule has 0 aliphatic heterocycles. The lowest BCUT2D eigenvalue weighted by molar-refractivity contribution is 0.577. The van der Waals surface area contributed by atoms with E-state index in [-0.39, 0.29) is 29.1 Å². The number of hydrogen-bond acceptors (Lipinski definition) is 4. The average Bonchev–Trinajstić information content (AvgIpc) is 2.92. The van der Waals surface area contributed by atoms with Gasteiger partial charge in [0.05, 0.1) is 4.90 Å². The zero-order valence-electron chi connectivity index (χ0n) is 10.9. The number of sulfonamides is 1. The van der Waals surface area contributed by atoms with E-state index in [2.05, 4.69) is 4.72 Å². The van der Waals surface area contributed by atoms with Crippen molar-refractivity contribution in [2.75, 3.05) is 0 Å². The fourth-order valence-corrected chi connectivity index (χ4v) is 3.59. The number of halogens is 1. The quantitative estimate of drug-likeness (QED) is 0.888. The summed E-state index contributed by atoms with van der Waals surface area (Å²) in [6, 6.07) is 4.43. The van der Waals surface area contributed by atoms with Crippen LogP contribution in [0.3, 0.4) is 0 Å². The summed E-state index contributed by atoms with van der Waals surface area (Å²) in [5.74, 6) is -0.454. The molecular weight excluding hydrogens is 299 g/mol. The van der Waals surface area contributed by atoms with E-state index in [4.69, 9.17) is 5.73 Å². The molecule has 1 aromatic heterocycles. The minimum atomic E-state index is -3.68. The fraction of sp³-hybridized carbons (Fsp3) is 0.231. The van der Waals surface area contributed by atoms with Crippen LogP contribution in [0.15, 0.2) is 33.9 Å². The molecule has 7 heteroatoms. The molecule has 2 rings (SSSR count). The normalized spacial score (nSPS) is 11.8. The predicted molar refractivity (Wildman–Crippen MR) is 77.4 cm³/mol. The highest BCUT2D eigenvalue weighted by Crippen LogP contribution is 2.19.